The van der Waals surface area contributed by atoms with Gasteiger partial charge in [-0.15, -0.1) is 0 Å². The highest BCUT2D eigenvalue weighted by Gasteiger charge is 2.21. The second-order valence-electron chi connectivity index (χ2n) is 4.33. The third-order valence-corrected chi connectivity index (χ3v) is 3.53. The summed E-state index contributed by atoms with van der Waals surface area (Å²) in [5, 5.41) is 3.30. The lowest BCUT2D eigenvalue weighted by Gasteiger charge is -2.19. The highest BCUT2D eigenvalue weighted by molar-refractivity contribution is 9.10. The Labute approximate surface area is 107 Å². The van der Waals surface area contributed by atoms with Crippen LogP contribution in [0, 0.1) is 5.82 Å². The fourth-order valence-electron chi connectivity index (χ4n) is 2.21. The number of aromatic nitrogens is 1. The van der Waals surface area contributed by atoms with Gasteiger partial charge in [0.25, 0.3) is 0 Å². The lowest BCUT2D eigenvalue weighted by Crippen LogP contribution is -2.28. The van der Waals surface area contributed by atoms with E-state index in [1.165, 1.54) is 6.07 Å². The molecule has 0 bridgehead atoms. The number of fused-ring (bicyclic) bond motifs is 1. The molecule has 0 radical (unpaired) electrons. The number of nitrogens with one attached hydrogen (secondary N) is 1. The van der Waals surface area contributed by atoms with Gasteiger partial charge in [-0.25, -0.2) is 9.37 Å². The summed E-state index contributed by atoms with van der Waals surface area (Å²) in [4.78, 5) is 4.38. The number of nitrogens with zero attached hydrogens (tertiary/aromatic N) is 1. The average molecular weight is 299 g/mol. The van der Waals surface area contributed by atoms with Gasteiger partial charge in [0.1, 0.15) is 5.52 Å². The number of rotatable bonds is 1. The normalized spacial score (nSPS) is 20.9. The fourth-order valence-corrected chi connectivity index (χ4v) is 2.63. The van der Waals surface area contributed by atoms with Crippen LogP contribution < -0.4 is 5.32 Å². The topological polar surface area (TPSA) is 38.1 Å². The zero-order valence-corrected chi connectivity index (χ0v) is 10.8. The summed E-state index contributed by atoms with van der Waals surface area (Å²) in [7, 11) is 0. The Morgan fingerprint density at radius 2 is 2.35 bits per heavy atom. The summed E-state index contributed by atoms with van der Waals surface area (Å²) >= 11 is 3.25. The Balaban J connectivity index is 2.03. The van der Waals surface area contributed by atoms with Crippen molar-refractivity contribution in [1.29, 1.82) is 0 Å². The summed E-state index contributed by atoms with van der Waals surface area (Å²) < 4.78 is 19.9. The maximum atomic E-state index is 13.6. The molecule has 1 aromatic carbocycles. The van der Waals surface area contributed by atoms with Crippen LogP contribution in [0.3, 0.4) is 0 Å². The third kappa shape index (κ3) is 2.09. The second-order valence-corrected chi connectivity index (χ2v) is 5.25. The maximum absolute atomic E-state index is 13.6. The molecule has 1 N–H and O–H groups in total. The first-order valence-corrected chi connectivity index (χ1v) is 6.49. The highest BCUT2D eigenvalue weighted by Crippen LogP contribution is 2.29. The van der Waals surface area contributed by atoms with Crippen LogP contribution >= 0.6 is 15.9 Å². The molecule has 0 spiro atoms. The molecule has 0 aliphatic carbocycles. The van der Waals surface area contributed by atoms with Crippen LogP contribution in [0.25, 0.3) is 11.1 Å². The zero-order valence-electron chi connectivity index (χ0n) is 9.17. The first-order valence-electron chi connectivity index (χ1n) is 5.70. The lowest BCUT2D eigenvalue weighted by molar-refractivity contribution is 0.384. The van der Waals surface area contributed by atoms with Gasteiger partial charge < -0.3 is 9.73 Å². The van der Waals surface area contributed by atoms with Gasteiger partial charge in [-0.05, 0) is 31.5 Å². The van der Waals surface area contributed by atoms with Crippen molar-refractivity contribution in [2.24, 2.45) is 0 Å². The molecule has 90 valence electrons. The minimum Gasteiger partial charge on any atom is -0.437 e. The first-order chi connectivity index (χ1) is 8.24. The molecule has 2 aromatic rings. The number of benzene rings is 1. The predicted octanol–water partition coefficient (Wildman–Crippen LogP) is 3.20. The van der Waals surface area contributed by atoms with Gasteiger partial charge in [0.2, 0.25) is 0 Å². The fraction of sp³-hybridized carbons (Fsp3) is 0.417. The molecular formula is C12H12BrFN2O. The Morgan fingerprint density at radius 1 is 1.47 bits per heavy atom. The molecule has 1 saturated heterocycles. The summed E-state index contributed by atoms with van der Waals surface area (Å²) in [6.45, 7) is 1.90. The molecule has 1 aliphatic rings. The predicted molar refractivity (Wildman–Crippen MR) is 66.5 cm³/mol. The number of hydrogen-bond acceptors (Lipinski definition) is 3. The Hall–Kier alpha value is -0.940. The van der Waals surface area contributed by atoms with Crippen LogP contribution in [0.4, 0.5) is 4.39 Å². The van der Waals surface area contributed by atoms with Crippen LogP contribution in [0.15, 0.2) is 21.0 Å². The van der Waals surface area contributed by atoms with Gasteiger partial charge in [0.05, 0.1) is 0 Å². The van der Waals surface area contributed by atoms with Gasteiger partial charge >= 0.3 is 0 Å². The van der Waals surface area contributed by atoms with E-state index in [4.69, 9.17) is 4.42 Å². The molecule has 1 aromatic heterocycles. The molecule has 1 atom stereocenters. The maximum Gasteiger partial charge on any atom is 0.200 e. The van der Waals surface area contributed by atoms with E-state index in [-0.39, 0.29) is 17.3 Å². The molecule has 1 aliphatic heterocycles. The van der Waals surface area contributed by atoms with Crippen molar-refractivity contribution in [1.82, 2.24) is 10.3 Å². The Kier molecular flexibility index (Phi) is 2.88. The quantitative estimate of drug-likeness (QED) is 0.879. The van der Waals surface area contributed by atoms with E-state index in [0.29, 0.717) is 15.9 Å². The largest absolute Gasteiger partial charge is 0.437 e. The molecule has 3 rings (SSSR count). The molecule has 0 saturated carbocycles. The van der Waals surface area contributed by atoms with Crippen molar-refractivity contribution >= 4 is 27.0 Å². The summed E-state index contributed by atoms with van der Waals surface area (Å²) in [5.41, 5.74) is 0.839. The average Bonchev–Trinajstić information content (AvgIpc) is 2.74. The van der Waals surface area contributed by atoms with Crippen LogP contribution in [-0.2, 0) is 0 Å². The molecule has 1 unspecified atom stereocenters. The molecule has 1 fully saturated rings. The van der Waals surface area contributed by atoms with E-state index in [1.54, 1.807) is 6.07 Å². The Morgan fingerprint density at radius 3 is 3.12 bits per heavy atom. The van der Waals surface area contributed by atoms with E-state index >= 15 is 0 Å². The zero-order chi connectivity index (χ0) is 11.8. The smallest absolute Gasteiger partial charge is 0.200 e. The van der Waals surface area contributed by atoms with E-state index < -0.39 is 0 Å². The first kappa shape index (κ1) is 11.2. The molecule has 2 heterocycles. The third-order valence-electron chi connectivity index (χ3n) is 3.07. The van der Waals surface area contributed by atoms with Crippen LogP contribution in [0.5, 0.6) is 0 Å². The van der Waals surface area contributed by atoms with Gasteiger partial charge in [0, 0.05) is 16.9 Å². The molecular weight excluding hydrogens is 287 g/mol. The van der Waals surface area contributed by atoms with E-state index in [9.17, 15) is 4.39 Å². The number of piperidine rings is 1. The van der Waals surface area contributed by atoms with E-state index in [1.807, 2.05) is 0 Å². The Bertz CT molecular complexity index is 549. The minimum atomic E-state index is -0.364. The van der Waals surface area contributed by atoms with Crippen molar-refractivity contribution in [3.8, 4) is 0 Å². The minimum absolute atomic E-state index is 0.258. The molecule has 17 heavy (non-hydrogen) atoms. The standard InChI is InChI=1S/C12H12BrFN2O/c13-8-4-9(14)11-10(5-8)16-12(17-11)7-2-1-3-15-6-7/h4-5,7,15H,1-3,6H2. The SMILES string of the molecule is Fc1cc(Br)cc2nc(C3CCCNC3)oc12. The van der Waals surface area contributed by atoms with Gasteiger partial charge in [-0.1, -0.05) is 15.9 Å². The number of halogens is 2. The number of oxazole rings is 1. The van der Waals surface area contributed by atoms with Gasteiger partial charge in [-0.3, -0.25) is 0 Å². The van der Waals surface area contributed by atoms with E-state index in [0.717, 1.165) is 25.9 Å². The summed E-state index contributed by atoms with van der Waals surface area (Å²) in [5.74, 6) is 0.537. The van der Waals surface area contributed by atoms with Crippen molar-refractivity contribution in [3.63, 3.8) is 0 Å². The van der Waals surface area contributed by atoms with Crippen LogP contribution in [0.1, 0.15) is 24.7 Å². The summed E-state index contributed by atoms with van der Waals surface area (Å²) in [6.07, 6.45) is 2.15. The van der Waals surface area contributed by atoms with E-state index in [2.05, 4.69) is 26.2 Å². The molecule has 3 nitrogen and oxygen atoms in total. The van der Waals surface area contributed by atoms with Crippen LogP contribution in [0.2, 0.25) is 0 Å². The van der Waals surface area contributed by atoms with Gasteiger partial charge in [-0.2, -0.15) is 0 Å². The monoisotopic (exact) mass is 298 g/mol. The summed E-state index contributed by atoms with van der Waals surface area (Å²) in [6, 6.07) is 3.18. The van der Waals surface area contributed by atoms with Crippen molar-refractivity contribution in [2.45, 2.75) is 18.8 Å². The number of hydrogen-bond donors (Lipinski definition) is 1. The van der Waals surface area contributed by atoms with Crippen LogP contribution in [-0.4, -0.2) is 18.1 Å². The van der Waals surface area contributed by atoms with Gasteiger partial charge in [0.15, 0.2) is 17.3 Å². The van der Waals surface area contributed by atoms with Crippen molar-refractivity contribution < 1.29 is 8.81 Å². The molecule has 5 heteroatoms. The second kappa shape index (κ2) is 4.38. The van der Waals surface area contributed by atoms with Crippen molar-refractivity contribution in [2.75, 3.05) is 13.1 Å². The lowest BCUT2D eigenvalue weighted by atomic mass is 10.00. The highest BCUT2D eigenvalue weighted by atomic mass is 79.9. The van der Waals surface area contributed by atoms with Crippen molar-refractivity contribution in [3.05, 3.63) is 28.3 Å². The molecule has 0 amide bonds.